The third-order valence-corrected chi connectivity index (χ3v) is 1.95. The summed E-state index contributed by atoms with van der Waals surface area (Å²) in [7, 11) is 1.80. The van der Waals surface area contributed by atoms with Crippen LogP contribution in [-0.4, -0.2) is 24.9 Å². The number of halogens is 1. The van der Waals surface area contributed by atoms with E-state index in [1.807, 2.05) is 0 Å². The van der Waals surface area contributed by atoms with Gasteiger partial charge < -0.3 is 10.4 Å². The van der Waals surface area contributed by atoms with Crippen LogP contribution < -0.4 is 5.32 Å². The highest BCUT2D eigenvalue weighted by molar-refractivity contribution is 6.31. The van der Waals surface area contributed by atoms with E-state index >= 15 is 0 Å². The summed E-state index contributed by atoms with van der Waals surface area (Å²) in [4.78, 5) is 7.63. The zero-order chi connectivity index (χ0) is 10.8. The van der Waals surface area contributed by atoms with Crippen molar-refractivity contribution in [1.29, 1.82) is 0 Å². The Labute approximate surface area is 90.5 Å². The molecule has 78 valence electrons. The Morgan fingerprint density at radius 3 is 2.87 bits per heavy atom. The number of aromatic nitrogens is 4. The van der Waals surface area contributed by atoms with Crippen molar-refractivity contribution in [2.75, 3.05) is 5.32 Å². The Morgan fingerprint density at radius 2 is 2.27 bits per heavy atom. The summed E-state index contributed by atoms with van der Waals surface area (Å²) in [5.41, 5.74) is 0.735. The van der Waals surface area contributed by atoms with E-state index < -0.39 is 0 Å². The number of nitrogens with zero attached hydrogens (tertiary/aromatic N) is 4. The summed E-state index contributed by atoms with van der Waals surface area (Å²) < 4.78 is 1.64. The Kier molecular flexibility index (Phi) is 2.42. The van der Waals surface area contributed by atoms with E-state index in [-0.39, 0.29) is 16.9 Å². The number of hydrogen-bond donors (Lipinski definition) is 2. The van der Waals surface area contributed by atoms with Crippen molar-refractivity contribution >= 4 is 23.2 Å². The quantitative estimate of drug-likeness (QED) is 0.806. The molecule has 2 heterocycles. The number of nitrogens with one attached hydrogen (secondary N) is 1. The van der Waals surface area contributed by atoms with Crippen molar-refractivity contribution in [2.24, 2.45) is 7.05 Å². The van der Waals surface area contributed by atoms with Gasteiger partial charge >= 0.3 is 0 Å². The Morgan fingerprint density at radius 1 is 1.47 bits per heavy atom. The summed E-state index contributed by atoms with van der Waals surface area (Å²) in [6.45, 7) is 0. The molecule has 0 saturated carbocycles. The molecular formula is C8H8ClN5O. The monoisotopic (exact) mass is 225 g/mol. The maximum absolute atomic E-state index is 9.24. The second-order valence-electron chi connectivity index (χ2n) is 2.89. The van der Waals surface area contributed by atoms with Crippen LogP contribution in [0.4, 0.5) is 11.6 Å². The minimum atomic E-state index is -0.252. The zero-order valence-electron chi connectivity index (χ0n) is 7.85. The average Bonchev–Trinajstić information content (AvgIpc) is 2.58. The Hall–Kier alpha value is -1.82. The van der Waals surface area contributed by atoms with Gasteiger partial charge in [0, 0.05) is 13.2 Å². The number of rotatable bonds is 2. The fourth-order valence-electron chi connectivity index (χ4n) is 1.03. The van der Waals surface area contributed by atoms with Crippen LogP contribution in [0.3, 0.4) is 0 Å². The van der Waals surface area contributed by atoms with Crippen molar-refractivity contribution in [3.8, 4) is 5.88 Å². The van der Waals surface area contributed by atoms with Crippen LogP contribution in [0, 0.1) is 0 Å². The van der Waals surface area contributed by atoms with Gasteiger partial charge in [-0.15, -0.1) is 0 Å². The second-order valence-corrected chi connectivity index (χ2v) is 3.30. The van der Waals surface area contributed by atoms with Crippen molar-refractivity contribution in [2.45, 2.75) is 0 Å². The van der Waals surface area contributed by atoms with Gasteiger partial charge in [0.2, 0.25) is 11.8 Å². The molecule has 0 spiro atoms. The first-order valence-electron chi connectivity index (χ1n) is 4.12. The fraction of sp³-hybridized carbons (Fsp3) is 0.125. The third-order valence-electron chi connectivity index (χ3n) is 1.69. The molecule has 0 radical (unpaired) electrons. The first-order chi connectivity index (χ1) is 7.15. The topological polar surface area (TPSA) is 75.9 Å². The van der Waals surface area contributed by atoms with Gasteiger partial charge in [-0.1, -0.05) is 11.6 Å². The van der Waals surface area contributed by atoms with Gasteiger partial charge in [-0.05, 0) is 0 Å². The van der Waals surface area contributed by atoms with E-state index in [1.54, 1.807) is 24.1 Å². The highest BCUT2D eigenvalue weighted by atomic mass is 35.5. The van der Waals surface area contributed by atoms with Gasteiger partial charge in [0.05, 0.1) is 18.1 Å². The average molecular weight is 226 g/mol. The molecule has 0 unspecified atom stereocenters. The molecule has 15 heavy (non-hydrogen) atoms. The summed E-state index contributed by atoms with van der Waals surface area (Å²) in [6, 6.07) is 0. The molecule has 2 aromatic rings. The lowest BCUT2D eigenvalue weighted by Gasteiger charge is -2.01. The van der Waals surface area contributed by atoms with E-state index in [0.29, 0.717) is 0 Å². The molecule has 2 N–H and O–H groups in total. The molecule has 0 amide bonds. The second kappa shape index (κ2) is 3.74. The highest BCUT2D eigenvalue weighted by Gasteiger charge is 2.04. The van der Waals surface area contributed by atoms with Gasteiger partial charge in [-0.2, -0.15) is 10.1 Å². The first kappa shape index (κ1) is 9.72. The SMILES string of the molecule is Cn1cc(Nc2ncc(Cl)c(O)n2)cn1. The minimum absolute atomic E-state index is 0.117. The van der Waals surface area contributed by atoms with E-state index in [9.17, 15) is 5.11 Å². The molecular weight excluding hydrogens is 218 g/mol. The third kappa shape index (κ3) is 2.16. The number of aromatic hydroxyl groups is 1. The van der Waals surface area contributed by atoms with E-state index in [0.717, 1.165) is 5.69 Å². The maximum Gasteiger partial charge on any atom is 0.235 e. The van der Waals surface area contributed by atoms with E-state index in [2.05, 4.69) is 20.4 Å². The minimum Gasteiger partial charge on any atom is -0.492 e. The molecule has 0 aliphatic rings. The van der Waals surface area contributed by atoms with Crippen LogP contribution in [-0.2, 0) is 7.05 Å². The molecule has 2 aromatic heterocycles. The lowest BCUT2D eigenvalue weighted by molar-refractivity contribution is 0.453. The first-order valence-corrected chi connectivity index (χ1v) is 4.50. The Balaban J connectivity index is 2.21. The van der Waals surface area contributed by atoms with Crippen LogP contribution in [0.15, 0.2) is 18.6 Å². The van der Waals surface area contributed by atoms with Crippen LogP contribution in [0.1, 0.15) is 0 Å². The number of anilines is 2. The summed E-state index contributed by atoms with van der Waals surface area (Å²) >= 11 is 5.57. The van der Waals surface area contributed by atoms with E-state index in [1.165, 1.54) is 6.20 Å². The molecule has 2 rings (SSSR count). The molecule has 0 bridgehead atoms. The molecule has 0 fully saturated rings. The molecule has 0 aliphatic heterocycles. The molecule has 0 aromatic carbocycles. The van der Waals surface area contributed by atoms with Gasteiger partial charge in [-0.25, -0.2) is 4.98 Å². The fourth-order valence-corrected chi connectivity index (χ4v) is 1.12. The maximum atomic E-state index is 9.24. The summed E-state index contributed by atoms with van der Waals surface area (Å²) in [6.07, 6.45) is 4.70. The lowest BCUT2D eigenvalue weighted by Crippen LogP contribution is -1.95. The predicted molar refractivity (Wildman–Crippen MR) is 55.2 cm³/mol. The highest BCUT2D eigenvalue weighted by Crippen LogP contribution is 2.21. The normalized spacial score (nSPS) is 10.3. The van der Waals surface area contributed by atoms with Crippen molar-refractivity contribution < 1.29 is 5.11 Å². The van der Waals surface area contributed by atoms with Crippen molar-refractivity contribution in [3.05, 3.63) is 23.6 Å². The van der Waals surface area contributed by atoms with Gasteiger partial charge in [0.1, 0.15) is 5.02 Å². The molecule has 0 atom stereocenters. The summed E-state index contributed by atoms with van der Waals surface area (Å²) in [5, 5.41) is 16.2. The van der Waals surface area contributed by atoms with Crippen LogP contribution in [0.2, 0.25) is 5.02 Å². The van der Waals surface area contributed by atoms with Crippen LogP contribution >= 0.6 is 11.6 Å². The van der Waals surface area contributed by atoms with Crippen LogP contribution in [0.5, 0.6) is 5.88 Å². The molecule has 0 aliphatic carbocycles. The van der Waals surface area contributed by atoms with Crippen molar-refractivity contribution in [1.82, 2.24) is 19.7 Å². The summed E-state index contributed by atoms with van der Waals surface area (Å²) in [5.74, 6) is 0.0166. The smallest absolute Gasteiger partial charge is 0.235 e. The molecule has 0 saturated heterocycles. The predicted octanol–water partition coefficient (Wildman–Crippen LogP) is 1.31. The molecule has 6 nitrogen and oxygen atoms in total. The number of aryl methyl sites for hydroxylation is 1. The molecule has 7 heteroatoms. The van der Waals surface area contributed by atoms with Gasteiger partial charge in [0.15, 0.2) is 0 Å². The van der Waals surface area contributed by atoms with Gasteiger partial charge in [-0.3, -0.25) is 4.68 Å². The van der Waals surface area contributed by atoms with E-state index in [4.69, 9.17) is 11.6 Å². The van der Waals surface area contributed by atoms with Crippen molar-refractivity contribution in [3.63, 3.8) is 0 Å². The van der Waals surface area contributed by atoms with Crippen LogP contribution in [0.25, 0.3) is 0 Å². The lowest BCUT2D eigenvalue weighted by atomic mass is 10.5. The number of hydrogen-bond acceptors (Lipinski definition) is 5. The zero-order valence-corrected chi connectivity index (χ0v) is 8.60. The Bertz CT molecular complexity index is 484. The standard InChI is InChI=1S/C8H8ClN5O/c1-14-4-5(2-11-14)12-8-10-3-6(9)7(15)13-8/h2-4H,1H3,(H2,10,12,13,15). The van der Waals surface area contributed by atoms with Gasteiger partial charge in [0.25, 0.3) is 0 Å². The largest absolute Gasteiger partial charge is 0.492 e.